The summed E-state index contributed by atoms with van der Waals surface area (Å²) in [5.41, 5.74) is 0.816. The van der Waals surface area contributed by atoms with Crippen LogP contribution < -0.4 is 10.0 Å². The number of rotatable bonds is 7. The van der Waals surface area contributed by atoms with Gasteiger partial charge >= 0.3 is 0 Å². The molecular weight excluding hydrogens is 292 g/mol. The molecule has 2 heterocycles. The first-order chi connectivity index (χ1) is 9.87. The molecule has 0 aliphatic rings. The first-order valence-corrected chi connectivity index (χ1v) is 8.17. The predicted octanol–water partition coefficient (Wildman–Crippen LogP) is 1.29. The van der Waals surface area contributed by atoms with Gasteiger partial charge in [0.1, 0.15) is 5.76 Å². The van der Waals surface area contributed by atoms with Crippen molar-refractivity contribution >= 4 is 10.0 Å². The highest BCUT2D eigenvalue weighted by molar-refractivity contribution is 7.89. The van der Waals surface area contributed by atoms with E-state index in [2.05, 4.69) is 20.0 Å². The number of hydrogen-bond donors (Lipinski definition) is 3. The third kappa shape index (κ3) is 4.42. The van der Waals surface area contributed by atoms with Crippen molar-refractivity contribution in [2.75, 3.05) is 0 Å². The molecule has 7 nitrogen and oxygen atoms in total. The lowest BCUT2D eigenvalue weighted by Gasteiger charge is -2.05. The van der Waals surface area contributed by atoms with Crippen molar-refractivity contribution in [1.82, 2.24) is 20.0 Å². The molecule has 0 spiro atoms. The SMILES string of the molecule is Cc1cnc(CNS(=O)(=O)c2c[nH]c(CNC(C)C)c2)o1. The Balaban J connectivity index is 1.99. The van der Waals surface area contributed by atoms with E-state index in [1.54, 1.807) is 19.2 Å². The largest absolute Gasteiger partial charge is 0.445 e. The minimum absolute atomic E-state index is 0.0287. The summed E-state index contributed by atoms with van der Waals surface area (Å²) >= 11 is 0. The molecule has 2 aromatic rings. The molecule has 0 unspecified atom stereocenters. The fraction of sp³-hybridized carbons (Fsp3) is 0.462. The van der Waals surface area contributed by atoms with E-state index in [-0.39, 0.29) is 11.4 Å². The molecule has 0 saturated carbocycles. The van der Waals surface area contributed by atoms with Gasteiger partial charge < -0.3 is 14.7 Å². The molecule has 2 aromatic heterocycles. The molecule has 116 valence electrons. The number of nitrogens with zero attached hydrogens (tertiary/aromatic N) is 1. The van der Waals surface area contributed by atoms with E-state index in [0.717, 1.165) is 5.69 Å². The van der Waals surface area contributed by atoms with E-state index < -0.39 is 10.0 Å². The molecule has 2 rings (SSSR count). The average Bonchev–Trinajstić information content (AvgIpc) is 3.03. The summed E-state index contributed by atoms with van der Waals surface area (Å²) in [7, 11) is -3.58. The van der Waals surface area contributed by atoms with Gasteiger partial charge in [-0.15, -0.1) is 0 Å². The standard InChI is InChI=1S/C13H20N4O3S/c1-9(2)14-6-11-4-12(7-15-11)21(18,19)17-8-13-16-5-10(3)20-13/h4-5,7,9,14-15,17H,6,8H2,1-3H3. The summed E-state index contributed by atoms with van der Waals surface area (Å²) in [6.07, 6.45) is 3.02. The predicted molar refractivity (Wildman–Crippen MR) is 78.0 cm³/mol. The Kier molecular flexibility index (Phi) is 4.81. The quantitative estimate of drug-likeness (QED) is 0.715. The van der Waals surface area contributed by atoms with Crippen LogP contribution in [-0.4, -0.2) is 24.4 Å². The maximum atomic E-state index is 12.1. The topological polar surface area (TPSA) is 100 Å². The zero-order chi connectivity index (χ0) is 15.5. The van der Waals surface area contributed by atoms with Crippen LogP contribution in [0.4, 0.5) is 0 Å². The monoisotopic (exact) mass is 312 g/mol. The third-order valence-corrected chi connectivity index (χ3v) is 4.19. The van der Waals surface area contributed by atoms with Crippen LogP contribution in [0.1, 0.15) is 31.2 Å². The lowest BCUT2D eigenvalue weighted by Crippen LogP contribution is -2.23. The molecule has 0 bridgehead atoms. The zero-order valence-electron chi connectivity index (χ0n) is 12.3. The molecule has 0 fully saturated rings. The normalized spacial score (nSPS) is 12.2. The summed E-state index contributed by atoms with van der Waals surface area (Å²) in [4.78, 5) is 7.10. The Hall–Kier alpha value is -1.64. The van der Waals surface area contributed by atoms with Crippen molar-refractivity contribution in [1.29, 1.82) is 0 Å². The number of aromatic amines is 1. The van der Waals surface area contributed by atoms with Crippen molar-refractivity contribution in [3.05, 3.63) is 35.8 Å². The van der Waals surface area contributed by atoms with Gasteiger partial charge in [-0.1, -0.05) is 13.8 Å². The van der Waals surface area contributed by atoms with E-state index in [9.17, 15) is 8.42 Å². The summed E-state index contributed by atoms with van der Waals surface area (Å²) in [6, 6.07) is 1.94. The van der Waals surface area contributed by atoms with E-state index in [1.807, 2.05) is 13.8 Å². The Bertz CT molecular complexity index is 688. The van der Waals surface area contributed by atoms with Gasteiger partial charge in [0.05, 0.1) is 17.6 Å². The second kappa shape index (κ2) is 6.42. The summed E-state index contributed by atoms with van der Waals surface area (Å²) in [5.74, 6) is 0.987. The van der Waals surface area contributed by atoms with Gasteiger partial charge in [-0.05, 0) is 13.0 Å². The molecule has 0 saturated heterocycles. The van der Waals surface area contributed by atoms with Crippen LogP contribution in [0.3, 0.4) is 0 Å². The highest BCUT2D eigenvalue weighted by Gasteiger charge is 2.17. The number of sulfonamides is 1. The maximum Gasteiger partial charge on any atom is 0.242 e. The lowest BCUT2D eigenvalue weighted by molar-refractivity contribution is 0.463. The van der Waals surface area contributed by atoms with Crippen molar-refractivity contribution < 1.29 is 12.8 Å². The first kappa shape index (κ1) is 15.7. The number of hydrogen-bond acceptors (Lipinski definition) is 5. The number of oxazole rings is 1. The molecule has 21 heavy (non-hydrogen) atoms. The molecule has 0 aliphatic heterocycles. The third-order valence-electron chi connectivity index (χ3n) is 2.81. The van der Waals surface area contributed by atoms with Gasteiger partial charge in [-0.25, -0.2) is 18.1 Å². The number of aromatic nitrogens is 2. The van der Waals surface area contributed by atoms with Crippen molar-refractivity contribution in [3.8, 4) is 0 Å². The molecule has 3 N–H and O–H groups in total. The van der Waals surface area contributed by atoms with E-state index in [4.69, 9.17) is 4.42 Å². The number of aryl methyl sites for hydroxylation is 1. The van der Waals surface area contributed by atoms with E-state index in [1.165, 1.54) is 6.20 Å². The molecule has 8 heteroatoms. The molecule has 0 atom stereocenters. The highest BCUT2D eigenvalue weighted by atomic mass is 32.2. The van der Waals surface area contributed by atoms with Crippen LogP contribution in [0.25, 0.3) is 0 Å². The zero-order valence-corrected chi connectivity index (χ0v) is 13.1. The molecule has 0 aromatic carbocycles. The molecule has 0 aliphatic carbocycles. The van der Waals surface area contributed by atoms with E-state index in [0.29, 0.717) is 24.2 Å². The van der Waals surface area contributed by atoms with Gasteiger partial charge in [-0.2, -0.15) is 0 Å². The molecular formula is C13H20N4O3S. The van der Waals surface area contributed by atoms with Crippen LogP contribution in [0, 0.1) is 6.92 Å². The van der Waals surface area contributed by atoms with Gasteiger partial charge in [-0.3, -0.25) is 0 Å². The molecule has 0 radical (unpaired) electrons. The van der Waals surface area contributed by atoms with Gasteiger partial charge in [0.15, 0.2) is 0 Å². The second-order valence-corrected chi connectivity index (χ2v) is 6.85. The van der Waals surface area contributed by atoms with Crippen molar-refractivity contribution in [2.24, 2.45) is 0 Å². The van der Waals surface area contributed by atoms with Gasteiger partial charge in [0.25, 0.3) is 0 Å². The molecule has 0 amide bonds. The minimum Gasteiger partial charge on any atom is -0.445 e. The summed E-state index contributed by atoms with van der Waals surface area (Å²) in [5, 5.41) is 3.22. The first-order valence-electron chi connectivity index (χ1n) is 6.68. The lowest BCUT2D eigenvalue weighted by atomic mass is 10.3. The maximum absolute atomic E-state index is 12.1. The fourth-order valence-corrected chi connectivity index (χ4v) is 2.71. The van der Waals surface area contributed by atoms with Crippen molar-refractivity contribution in [3.63, 3.8) is 0 Å². The van der Waals surface area contributed by atoms with Crippen LogP contribution in [-0.2, 0) is 23.1 Å². The Morgan fingerprint density at radius 2 is 2.14 bits per heavy atom. The average molecular weight is 312 g/mol. The van der Waals surface area contributed by atoms with Crippen LogP contribution in [0.2, 0.25) is 0 Å². The number of H-pyrrole nitrogens is 1. The second-order valence-electron chi connectivity index (χ2n) is 5.09. The smallest absolute Gasteiger partial charge is 0.242 e. The Labute approximate surface area is 124 Å². The Morgan fingerprint density at radius 1 is 1.38 bits per heavy atom. The highest BCUT2D eigenvalue weighted by Crippen LogP contribution is 2.11. The number of nitrogens with one attached hydrogen (secondary N) is 3. The minimum atomic E-state index is -3.58. The summed E-state index contributed by atoms with van der Waals surface area (Å²) in [6.45, 7) is 6.43. The van der Waals surface area contributed by atoms with Crippen LogP contribution >= 0.6 is 0 Å². The van der Waals surface area contributed by atoms with Crippen molar-refractivity contribution in [2.45, 2.75) is 44.8 Å². The van der Waals surface area contributed by atoms with Gasteiger partial charge in [0.2, 0.25) is 15.9 Å². The van der Waals surface area contributed by atoms with Gasteiger partial charge in [0, 0.05) is 24.5 Å². The Morgan fingerprint density at radius 3 is 2.76 bits per heavy atom. The summed E-state index contributed by atoms with van der Waals surface area (Å²) < 4.78 is 32.0. The fourth-order valence-electron chi connectivity index (χ4n) is 1.71. The van der Waals surface area contributed by atoms with Crippen LogP contribution in [0.15, 0.2) is 27.8 Å². The van der Waals surface area contributed by atoms with E-state index >= 15 is 0 Å². The van der Waals surface area contributed by atoms with Crippen LogP contribution in [0.5, 0.6) is 0 Å².